The average Bonchev–Trinajstić information content (AvgIpc) is 2.95. The van der Waals surface area contributed by atoms with Gasteiger partial charge in [0.25, 0.3) is 10.0 Å². The quantitative estimate of drug-likeness (QED) is 0.225. The highest BCUT2D eigenvalue weighted by Gasteiger charge is 2.33. The van der Waals surface area contributed by atoms with Crippen molar-refractivity contribution in [2.75, 3.05) is 17.4 Å². The van der Waals surface area contributed by atoms with E-state index in [4.69, 9.17) is 23.2 Å². The molecule has 0 bridgehead atoms. The van der Waals surface area contributed by atoms with E-state index in [0.29, 0.717) is 34.3 Å². The van der Waals surface area contributed by atoms with Gasteiger partial charge in [0.1, 0.15) is 12.6 Å². The molecule has 0 saturated carbocycles. The molecule has 0 radical (unpaired) electrons. The number of rotatable bonds is 13. The predicted octanol–water partition coefficient (Wildman–Crippen LogP) is 6.39. The Balaban J connectivity index is 2.08. The van der Waals surface area contributed by atoms with Crippen molar-refractivity contribution in [1.82, 2.24) is 10.2 Å². The van der Waals surface area contributed by atoms with Gasteiger partial charge in [-0.1, -0.05) is 85.4 Å². The highest BCUT2D eigenvalue weighted by molar-refractivity contribution is 7.92. The second kappa shape index (κ2) is 14.7. The molecule has 1 N–H and O–H groups in total. The molecule has 1 atom stereocenters. The number of unbranched alkanes of at least 4 members (excludes halogenated alkanes) is 1. The third kappa shape index (κ3) is 8.03. The van der Waals surface area contributed by atoms with E-state index in [1.165, 1.54) is 17.0 Å². The number of halogens is 2. The standard InChI is InChI=1S/C31H37Cl2N3O4S/c1-5-7-19-34-31(38)23(4)35(20-26-27(32)12-10-13-28(26)33)30(37)21-36(29-14-9-8-11-24(29)6-2)41(39,40)25-17-15-22(3)16-18-25/h8-18,23H,5-7,19-21H2,1-4H3,(H,34,38)/t23-/m0/s1. The molecule has 0 heterocycles. The van der Waals surface area contributed by atoms with Crippen molar-refractivity contribution in [2.24, 2.45) is 0 Å². The zero-order valence-electron chi connectivity index (χ0n) is 23.9. The van der Waals surface area contributed by atoms with Crippen molar-refractivity contribution in [3.63, 3.8) is 0 Å². The lowest BCUT2D eigenvalue weighted by molar-refractivity contribution is -0.139. The van der Waals surface area contributed by atoms with E-state index in [1.807, 2.05) is 32.9 Å². The average molecular weight is 619 g/mol. The minimum atomic E-state index is -4.15. The molecule has 41 heavy (non-hydrogen) atoms. The minimum absolute atomic E-state index is 0.0628. The molecule has 3 rings (SSSR count). The molecular weight excluding hydrogens is 581 g/mol. The maximum atomic E-state index is 14.1. The van der Waals surface area contributed by atoms with Gasteiger partial charge in [0.2, 0.25) is 11.8 Å². The van der Waals surface area contributed by atoms with Gasteiger partial charge in [0.05, 0.1) is 10.6 Å². The Hall–Kier alpha value is -3.07. The molecular formula is C31H37Cl2N3O4S. The van der Waals surface area contributed by atoms with Crippen LogP contribution in [0.15, 0.2) is 71.6 Å². The molecule has 0 aromatic heterocycles. The molecule has 3 aromatic rings. The van der Waals surface area contributed by atoms with E-state index in [-0.39, 0.29) is 17.3 Å². The van der Waals surface area contributed by atoms with Gasteiger partial charge in [-0.2, -0.15) is 0 Å². The van der Waals surface area contributed by atoms with Crippen LogP contribution in [0.1, 0.15) is 50.3 Å². The van der Waals surface area contributed by atoms with Gasteiger partial charge in [0, 0.05) is 28.7 Å². The van der Waals surface area contributed by atoms with E-state index < -0.39 is 28.5 Å². The Kier molecular flexibility index (Phi) is 11.6. The SMILES string of the molecule is CCCCNC(=O)[C@H](C)N(Cc1c(Cl)cccc1Cl)C(=O)CN(c1ccccc1CC)S(=O)(=O)c1ccc(C)cc1. The Morgan fingerprint density at radius 2 is 1.56 bits per heavy atom. The van der Waals surface area contributed by atoms with Crippen LogP contribution in [0.4, 0.5) is 5.69 Å². The van der Waals surface area contributed by atoms with Crippen molar-refractivity contribution in [3.8, 4) is 0 Å². The Morgan fingerprint density at radius 1 is 0.927 bits per heavy atom. The first-order chi connectivity index (χ1) is 19.5. The molecule has 0 aliphatic rings. The molecule has 0 aliphatic carbocycles. The molecule has 0 unspecified atom stereocenters. The fourth-order valence-electron chi connectivity index (χ4n) is 4.38. The Morgan fingerprint density at radius 3 is 2.17 bits per heavy atom. The van der Waals surface area contributed by atoms with Crippen LogP contribution in [0.5, 0.6) is 0 Å². The van der Waals surface area contributed by atoms with Gasteiger partial charge in [-0.3, -0.25) is 13.9 Å². The van der Waals surface area contributed by atoms with Gasteiger partial charge >= 0.3 is 0 Å². The normalized spacial score (nSPS) is 12.0. The number of para-hydroxylation sites is 1. The first kappa shape index (κ1) is 32.4. The van der Waals surface area contributed by atoms with Crippen LogP contribution in [-0.2, 0) is 32.6 Å². The van der Waals surface area contributed by atoms with Crippen LogP contribution < -0.4 is 9.62 Å². The van der Waals surface area contributed by atoms with E-state index in [2.05, 4.69) is 5.32 Å². The molecule has 0 saturated heterocycles. The van der Waals surface area contributed by atoms with E-state index >= 15 is 0 Å². The second-order valence-corrected chi connectivity index (χ2v) is 12.5. The third-order valence-corrected chi connectivity index (χ3v) is 9.40. The summed E-state index contributed by atoms with van der Waals surface area (Å²) in [4.78, 5) is 28.6. The molecule has 10 heteroatoms. The summed E-state index contributed by atoms with van der Waals surface area (Å²) in [6.07, 6.45) is 2.24. The zero-order chi connectivity index (χ0) is 30.2. The lowest BCUT2D eigenvalue weighted by Crippen LogP contribution is -2.51. The topological polar surface area (TPSA) is 86.8 Å². The summed E-state index contributed by atoms with van der Waals surface area (Å²) in [6, 6.07) is 17.7. The van der Waals surface area contributed by atoms with Gasteiger partial charge < -0.3 is 10.2 Å². The van der Waals surface area contributed by atoms with E-state index in [9.17, 15) is 18.0 Å². The van der Waals surface area contributed by atoms with Crippen molar-refractivity contribution in [3.05, 3.63) is 93.5 Å². The van der Waals surface area contributed by atoms with Crippen molar-refractivity contribution in [1.29, 1.82) is 0 Å². The maximum absolute atomic E-state index is 14.1. The van der Waals surface area contributed by atoms with Gasteiger partial charge in [-0.25, -0.2) is 8.42 Å². The van der Waals surface area contributed by atoms with Crippen LogP contribution in [0.2, 0.25) is 10.0 Å². The summed E-state index contributed by atoms with van der Waals surface area (Å²) in [7, 11) is -4.15. The van der Waals surface area contributed by atoms with Crippen molar-refractivity contribution >= 4 is 50.7 Å². The number of sulfonamides is 1. The van der Waals surface area contributed by atoms with Gasteiger partial charge in [-0.05, 0) is 62.6 Å². The number of anilines is 1. The lowest BCUT2D eigenvalue weighted by atomic mass is 10.1. The number of nitrogens with zero attached hydrogens (tertiary/aromatic N) is 2. The summed E-state index contributed by atoms with van der Waals surface area (Å²) in [5.41, 5.74) is 2.55. The predicted molar refractivity (Wildman–Crippen MR) is 166 cm³/mol. The summed E-state index contributed by atoms with van der Waals surface area (Å²) in [5.74, 6) is -0.919. The number of benzene rings is 3. The molecule has 7 nitrogen and oxygen atoms in total. The molecule has 0 fully saturated rings. The van der Waals surface area contributed by atoms with Crippen LogP contribution >= 0.6 is 23.2 Å². The highest BCUT2D eigenvalue weighted by atomic mass is 35.5. The number of carbonyl (C=O) groups excluding carboxylic acids is 2. The number of aryl methyl sites for hydroxylation is 2. The Labute approximate surface area is 253 Å². The second-order valence-electron chi connectivity index (χ2n) is 9.85. The minimum Gasteiger partial charge on any atom is -0.354 e. The molecule has 220 valence electrons. The van der Waals surface area contributed by atoms with Crippen LogP contribution in [0, 0.1) is 6.92 Å². The first-order valence-corrected chi connectivity index (χ1v) is 15.9. The number of hydrogen-bond donors (Lipinski definition) is 1. The smallest absolute Gasteiger partial charge is 0.264 e. The van der Waals surface area contributed by atoms with Gasteiger partial charge in [-0.15, -0.1) is 0 Å². The highest BCUT2D eigenvalue weighted by Crippen LogP contribution is 2.30. The van der Waals surface area contributed by atoms with E-state index in [0.717, 1.165) is 28.3 Å². The summed E-state index contributed by atoms with van der Waals surface area (Å²) in [5, 5.41) is 3.55. The molecule has 3 aromatic carbocycles. The lowest BCUT2D eigenvalue weighted by Gasteiger charge is -2.33. The molecule has 0 spiro atoms. The number of nitrogens with one attached hydrogen (secondary N) is 1. The van der Waals surface area contributed by atoms with Crippen LogP contribution in [-0.4, -0.2) is 44.3 Å². The van der Waals surface area contributed by atoms with E-state index in [1.54, 1.807) is 49.4 Å². The first-order valence-electron chi connectivity index (χ1n) is 13.7. The fraction of sp³-hybridized carbons (Fsp3) is 0.355. The van der Waals surface area contributed by atoms with Crippen LogP contribution in [0.3, 0.4) is 0 Å². The molecule has 2 amide bonds. The monoisotopic (exact) mass is 617 g/mol. The van der Waals surface area contributed by atoms with Crippen LogP contribution in [0.25, 0.3) is 0 Å². The van der Waals surface area contributed by atoms with Gasteiger partial charge in [0.15, 0.2) is 0 Å². The zero-order valence-corrected chi connectivity index (χ0v) is 26.2. The Bertz CT molecular complexity index is 1440. The summed E-state index contributed by atoms with van der Waals surface area (Å²) >= 11 is 12.9. The number of carbonyl (C=O) groups is 2. The largest absolute Gasteiger partial charge is 0.354 e. The molecule has 0 aliphatic heterocycles. The summed E-state index contributed by atoms with van der Waals surface area (Å²) in [6.45, 7) is 7.28. The number of amides is 2. The fourth-order valence-corrected chi connectivity index (χ4v) is 6.35. The summed E-state index contributed by atoms with van der Waals surface area (Å²) < 4.78 is 29.2. The van der Waals surface area contributed by atoms with Crippen molar-refractivity contribution < 1.29 is 18.0 Å². The van der Waals surface area contributed by atoms with Crippen molar-refractivity contribution in [2.45, 2.75) is 64.4 Å². The maximum Gasteiger partial charge on any atom is 0.264 e. The third-order valence-electron chi connectivity index (χ3n) is 6.92. The number of hydrogen-bond acceptors (Lipinski definition) is 4.